The summed E-state index contributed by atoms with van der Waals surface area (Å²) in [5, 5.41) is 0. The Bertz CT molecular complexity index is 1230. The van der Waals surface area contributed by atoms with Gasteiger partial charge in [0.25, 0.3) is 0 Å². The third kappa shape index (κ3) is 45.4. The highest BCUT2D eigenvalue weighted by molar-refractivity contribution is 5.71. The number of carbonyl (C=O) groups is 3. The van der Waals surface area contributed by atoms with Crippen LogP contribution in [0.4, 0.5) is 0 Å². The van der Waals surface area contributed by atoms with Gasteiger partial charge >= 0.3 is 17.9 Å². The fourth-order valence-corrected chi connectivity index (χ4v) is 6.24. The van der Waals surface area contributed by atoms with E-state index in [1.807, 2.05) is 0 Å². The Balaban J connectivity index is 4.41. The summed E-state index contributed by atoms with van der Waals surface area (Å²) in [5.74, 6) is -0.953. The van der Waals surface area contributed by atoms with Crippen LogP contribution in [0.1, 0.15) is 207 Å². The fourth-order valence-electron chi connectivity index (χ4n) is 6.24. The third-order valence-corrected chi connectivity index (χ3v) is 9.86. The molecule has 1 atom stereocenters. The Kier molecular flexibility index (Phi) is 45.1. The van der Waals surface area contributed by atoms with Crippen LogP contribution in [0, 0.1) is 0 Å². The average Bonchev–Trinajstić information content (AvgIpc) is 3.24. The predicted octanol–water partition coefficient (Wildman–Crippen LogP) is 15.8. The molecule has 0 radical (unpaired) electrons. The van der Waals surface area contributed by atoms with Gasteiger partial charge < -0.3 is 14.2 Å². The first-order valence-electron chi connectivity index (χ1n) is 24.3. The minimum absolute atomic E-state index is 0.0983. The summed E-state index contributed by atoms with van der Waals surface area (Å²) in [6.45, 7) is 6.29. The Morgan fingerprint density at radius 1 is 0.367 bits per heavy atom. The van der Waals surface area contributed by atoms with Crippen molar-refractivity contribution in [1.29, 1.82) is 0 Å². The lowest BCUT2D eigenvalue weighted by Gasteiger charge is -2.18. The van der Waals surface area contributed by atoms with E-state index in [-0.39, 0.29) is 31.1 Å². The van der Waals surface area contributed by atoms with Gasteiger partial charge in [-0.25, -0.2) is 0 Å². The maximum atomic E-state index is 12.7. The highest BCUT2D eigenvalue weighted by Gasteiger charge is 2.19. The maximum Gasteiger partial charge on any atom is 0.306 e. The fraction of sp³-hybridized carbons (Fsp3) is 0.648. The summed E-state index contributed by atoms with van der Waals surface area (Å²) in [5.41, 5.74) is 0. The zero-order valence-corrected chi connectivity index (χ0v) is 38.7. The highest BCUT2D eigenvalue weighted by atomic mass is 16.6. The van der Waals surface area contributed by atoms with Crippen molar-refractivity contribution in [2.24, 2.45) is 0 Å². The van der Waals surface area contributed by atoms with Gasteiger partial charge in [0, 0.05) is 19.3 Å². The van der Waals surface area contributed by atoms with Crippen LogP contribution in [0.2, 0.25) is 0 Å². The van der Waals surface area contributed by atoms with Crippen LogP contribution in [0.5, 0.6) is 0 Å². The van der Waals surface area contributed by atoms with Crippen LogP contribution >= 0.6 is 0 Å². The minimum atomic E-state index is -0.798. The highest BCUT2D eigenvalue weighted by Crippen LogP contribution is 2.13. The lowest BCUT2D eigenvalue weighted by molar-refractivity contribution is -0.167. The number of ether oxygens (including phenoxy) is 3. The van der Waals surface area contributed by atoms with Gasteiger partial charge in [-0.2, -0.15) is 0 Å². The van der Waals surface area contributed by atoms with Gasteiger partial charge in [0.05, 0.1) is 0 Å². The molecule has 0 aromatic rings. The van der Waals surface area contributed by atoms with Gasteiger partial charge in [-0.05, 0) is 96.3 Å². The zero-order valence-electron chi connectivity index (χ0n) is 38.7. The molecule has 0 saturated carbocycles. The summed E-state index contributed by atoms with van der Waals surface area (Å²) in [4.78, 5) is 37.8. The standard InChI is InChI=1S/C54H88O6/c1-4-7-10-13-16-19-22-24-25-26-27-28-29-31-32-35-38-41-44-47-53(56)59-50-51(49-58-52(55)46-43-40-37-34-21-18-15-12-9-6-3)60-54(57)48-45-42-39-36-33-30-23-20-17-14-11-8-5-2/h7-8,10-11,14-20,23-25,27-28,51H,4-6,9,12-13,21-22,26,29-50H2,1-3H3/b10-7-,11-8-,17-14-,18-15-,19-16-,23-20-,25-24-,28-27-. The van der Waals surface area contributed by atoms with Crippen LogP contribution < -0.4 is 0 Å². The van der Waals surface area contributed by atoms with Crippen molar-refractivity contribution in [3.05, 3.63) is 97.2 Å². The van der Waals surface area contributed by atoms with Crippen molar-refractivity contribution in [2.45, 2.75) is 213 Å². The van der Waals surface area contributed by atoms with Gasteiger partial charge in [-0.3, -0.25) is 14.4 Å². The predicted molar refractivity (Wildman–Crippen MR) is 256 cm³/mol. The minimum Gasteiger partial charge on any atom is -0.462 e. The van der Waals surface area contributed by atoms with Crippen molar-refractivity contribution >= 4 is 17.9 Å². The smallest absolute Gasteiger partial charge is 0.306 e. The van der Waals surface area contributed by atoms with E-state index in [4.69, 9.17) is 14.2 Å². The van der Waals surface area contributed by atoms with Crippen molar-refractivity contribution in [3.8, 4) is 0 Å². The molecule has 0 aliphatic carbocycles. The molecule has 0 fully saturated rings. The lowest BCUT2D eigenvalue weighted by Crippen LogP contribution is -2.30. The van der Waals surface area contributed by atoms with Crippen LogP contribution in [0.25, 0.3) is 0 Å². The first kappa shape index (κ1) is 56.3. The quantitative estimate of drug-likeness (QED) is 0.0200. The van der Waals surface area contributed by atoms with E-state index in [0.29, 0.717) is 19.3 Å². The molecule has 6 heteroatoms. The van der Waals surface area contributed by atoms with Gasteiger partial charge in [-0.15, -0.1) is 0 Å². The molecular weight excluding hydrogens is 745 g/mol. The van der Waals surface area contributed by atoms with Gasteiger partial charge in [0.1, 0.15) is 13.2 Å². The first-order chi connectivity index (χ1) is 29.5. The molecule has 0 saturated heterocycles. The van der Waals surface area contributed by atoms with Crippen molar-refractivity contribution in [2.75, 3.05) is 13.2 Å². The number of hydrogen-bond acceptors (Lipinski definition) is 6. The molecule has 340 valence electrons. The van der Waals surface area contributed by atoms with Crippen LogP contribution in [-0.4, -0.2) is 37.2 Å². The van der Waals surface area contributed by atoms with E-state index in [0.717, 1.165) is 141 Å². The summed E-state index contributed by atoms with van der Waals surface area (Å²) in [6, 6.07) is 0. The first-order valence-corrected chi connectivity index (χ1v) is 24.3. The van der Waals surface area contributed by atoms with Gasteiger partial charge in [0.15, 0.2) is 6.10 Å². The van der Waals surface area contributed by atoms with Crippen molar-refractivity contribution in [3.63, 3.8) is 0 Å². The molecule has 0 rings (SSSR count). The molecule has 0 aliphatic heterocycles. The molecule has 60 heavy (non-hydrogen) atoms. The zero-order chi connectivity index (χ0) is 43.7. The number of hydrogen-bond donors (Lipinski definition) is 0. The molecule has 0 bridgehead atoms. The average molecular weight is 833 g/mol. The molecule has 0 amide bonds. The monoisotopic (exact) mass is 833 g/mol. The second-order valence-electron chi connectivity index (χ2n) is 15.7. The number of carbonyl (C=O) groups excluding carboxylic acids is 3. The van der Waals surface area contributed by atoms with Gasteiger partial charge in [-0.1, -0.05) is 189 Å². The summed E-state index contributed by atoms with van der Waals surface area (Å²) in [6.07, 6.45) is 62.5. The molecule has 0 N–H and O–H groups in total. The van der Waals surface area contributed by atoms with Gasteiger partial charge in [0.2, 0.25) is 0 Å². The van der Waals surface area contributed by atoms with Crippen LogP contribution in [0.15, 0.2) is 97.2 Å². The number of allylic oxidation sites excluding steroid dienone is 16. The van der Waals surface area contributed by atoms with E-state index in [1.54, 1.807) is 0 Å². The molecule has 1 unspecified atom stereocenters. The van der Waals surface area contributed by atoms with Crippen LogP contribution in [0.3, 0.4) is 0 Å². The Labute approximate surface area is 368 Å². The molecule has 0 spiro atoms. The Morgan fingerprint density at radius 3 is 1.22 bits per heavy atom. The Morgan fingerprint density at radius 2 is 0.733 bits per heavy atom. The maximum absolute atomic E-state index is 12.7. The number of esters is 3. The van der Waals surface area contributed by atoms with E-state index in [9.17, 15) is 14.4 Å². The van der Waals surface area contributed by atoms with Crippen molar-refractivity contribution < 1.29 is 28.6 Å². The summed E-state index contributed by atoms with van der Waals surface area (Å²) in [7, 11) is 0. The summed E-state index contributed by atoms with van der Waals surface area (Å²) >= 11 is 0. The van der Waals surface area contributed by atoms with E-state index < -0.39 is 6.10 Å². The topological polar surface area (TPSA) is 78.9 Å². The normalized spacial score (nSPS) is 12.9. The molecule has 0 aromatic carbocycles. The molecule has 0 heterocycles. The van der Waals surface area contributed by atoms with E-state index >= 15 is 0 Å². The summed E-state index contributed by atoms with van der Waals surface area (Å²) < 4.78 is 16.7. The van der Waals surface area contributed by atoms with E-state index in [1.165, 1.54) is 25.7 Å². The second-order valence-corrected chi connectivity index (χ2v) is 15.7. The Hall–Kier alpha value is -3.67. The molecule has 0 aliphatic rings. The number of rotatable bonds is 42. The molecular formula is C54H88O6. The SMILES string of the molecule is CC\C=C/C=C\C=C/CCCCCCCC(=O)OC(COC(=O)CCCCCC/C=C\CCCC)COC(=O)CCCCCCCC/C=C\C/C=C\C/C=C\C/C=C\CC. The molecule has 6 nitrogen and oxygen atoms in total. The number of unbranched alkanes of at least 4 members (excludes halogenated alkanes) is 17. The second kappa shape index (κ2) is 48.0. The van der Waals surface area contributed by atoms with Crippen LogP contribution in [-0.2, 0) is 28.6 Å². The van der Waals surface area contributed by atoms with Crippen molar-refractivity contribution in [1.82, 2.24) is 0 Å². The third-order valence-electron chi connectivity index (χ3n) is 9.86. The lowest BCUT2D eigenvalue weighted by atomic mass is 10.1. The molecule has 0 aromatic heterocycles. The largest absolute Gasteiger partial charge is 0.462 e. The van der Waals surface area contributed by atoms with E-state index in [2.05, 4.69) is 118 Å².